The standard InChI is InChI=1S/C20H20N2O3/c1-3-24-18-9-16-7-13(2)25-19(16)10-17(18)12-22-20(23)15-6-4-5-14(8-15)11-21/h4-6,8-10,13H,3,7,12H2,1-2H3,(H,22,23)/t13-/m1/s1. The molecule has 0 bridgehead atoms. The molecule has 0 fully saturated rings. The van der Waals surface area contributed by atoms with Crippen LogP contribution in [-0.2, 0) is 13.0 Å². The van der Waals surface area contributed by atoms with Crippen LogP contribution in [0, 0.1) is 11.3 Å². The molecule has 5 heteroatoms. The summed E-state index contributed by atoms with van der Waals surface area (Å²) < 4.78 is 11.5. The molecule has 0 unspecified atom stereocenters. The summed E-state index contributed by atoms with van der Waals surface area (Å²) in [7, 11) is 0. The third-order valence-corrected chi connectivity index (χ3v) is 4.07. The van der Waals surface area contributed by atoms with Gasteiger partial charge in [-0.2, -0.15) is 5.26 Å². The van der Waals surface area contributed by atoms with E-state index in [-0.39, 0.29) is 12.0 Å². The summed E-state index contributed by atoms with van der Waals surface area (Å²) in [6.07, 6.45) is 1.02. The minimum atomic E-state index is -0.227. The molecule has 0 saturated heterocycles. The Morgan fingerprint density at radius 2 is 2.24 bits per heavy atom. The Morgan fingerprint density at radius 1 is 1.40 bits per heavy atom. The van der Waals surface area contributed by atoms with Crippen molar-refractivity contribution >= 4 is 5.91 Å². The average Bonchev–Trinajstić information content (AvgIpc) is 2.98. The van der Waals surface area contributed by atoms with E-state index in [1.807, 2.05) is 32.0 Å². The highest BCUT2D eigenvalue weighted by Gasteiger charge is 2.22. The van der Waals surface area contributed by atoms with Gasteiger partial charge < -0.3 is 14.8 Å². The Hall–Kier alpha value is -3.00. The number of ether oxygens (including phenoxy) is 2. The molecule has 1 heterocycles. The van der Waals surface area contributed by atoms with Gasteiger partial charge in [0.1, 0.15) is 17.6 Å². The minimum absolute atomic E-state index is 0.156. The molecule has 1 aliphatic heterocycles. The van der Waals surface area contributed by atoms with Crippen molar-refractivity contribution < 1.29 is 14.3 Å². The summed E-state index contributed by atoms with van der Waals surface area (Å²) in [5.41, 5.74) is 2.93. The van der Waals surface area contributed by atoms with Gasteiger partial charge in [-0.05, 0) is 44.2 Å². The van der Waals surface area contributed by atoms with Crippen LogP contribution in [0.1, 0.15) is 40.9 Å². The second kappa shape index (κ2) is 7.27. The molecule has 5 nitrogen and oxygen atoms in total. The second-order valence-electron chi connectivity index (χ2n) is 6.01. The third kappa shape index (κ3) is 3.74. The highest BCUT2D eigenvalue weighted by molar-refractivity contribution is 5.94. The van der Waals surface area contributed by atoms with Crippen LogP contribution in [0.4, 0.5) is 0 Å². The van der Waals surface area contributed by atoms with Crippen LogP contribution in [0.2, 0.25) is 0 Å². The van der Waals surface area contributed by atoms with Crippen molar-refractivity contribution in [2.24, 2.45) is 0 Å². The first-order chi connectivity index (χ1) is 12.1. The fraction of sp³-hybridized carbons (Fsp3) is 0.300. The molecule has 0 spiro atoms. The molecule has 3 rings (SSSR count). The van der Waals surface area contributed by atoms with Gasteiger partial charge in [-0.15, -0.1) is 0 Å². The lowest BCUT2D eigenvalue weighted by atomic mass is 10.1. The number of rotatable bonds is 5. The smallest absolute Gasteiger partial charge is 0.251 e. The van der Waals surface area contributed by atoms with Crippen LogP contribution in [0.25, 0.3) is 0 Å². The van der Waals surface area contributed by atoms with Crippen molar-refractivity contribution in [3.05, 3.63) is 58.7 Å². The molecule has 0 radical (unpaired) electrons. The molecule has 1 N–H and O–H groups in total. The van der Waals surface area contributed by atoms with Crippen LogP contribution in [0.15, 0.2) is 36.4 Å². The number of nitriles is 1. The number of nitrogens with one attached hydrogen (secondary N) is 1. The number of benzene rings is 2. The van der Waals surface area contributed by atoms with E-state index in [0.717, 1.165) is 29.0 Å². The lowest BCUT2D eigenvalue weighted by molar-refractivity contribution is 0.0950. The SMILES string of the molecule is CCOc1cc2c(cc1CNC(=O)c1cccc(C#N)c1)O[C@H](C)C2. The number of fused-ring (bicyclic) bond motifs is 1. The van der Waals surface area contributed by atoms with Crippen molar-refractivity contribution in [3.8, 4) is 17.6 Å². The van der Waals surface area contributed by atoms with Crippen LogP contribution < -0.4 is 14.8 Å². The van der Waals surface area contributed by atoms with Crippen molar-refractivity contribution in [1.82, 2.24) is 5.32 Å². The van der Waals surface area contributed by atoms with Crippen molar-refractivity contribution in [2.45, 2.75) is 32.9 Å². The Bertz CT molecular complexity index is 839. The summed E-state index contributed by atoms with van der Waals surface area (Å²) in [6.45, 7) is 4.85. The lowest BCUT2D eigenvalue weighted by Gasteiger charge is -2.13. The zero-order valence-corrected chi connectivity index (χ0v) is 14.3. The van der Waals surface area contributed by atoms with Crippen LogP contribution in [-0.4, -0.2) is 18.6 Å². The quantitative estimate of drug-likeness (QED) is 0.910. The summed E-state index contributed by atoms with van der Waals surface area (Å²) >= 11 is 0. The van der Waals surface area contributed by atoms with E-state index in [4.69, 9.17) is 14.7 Å². The average molecular weight is 336 g/mol. The van der Waals surface area contributed by atoms with Crippen molar-refractivity contribution in [1.29, 1.82) is 5.26 Å². The van der Waals surface area contributed by atoms with Gasteiger partial charge in [0.05, 0.1) is 18.2 Å². The van der Waals surface area contributed by atoms with E-state index in [9.17, 15) is 4.79 Å². The van der Waals surface area contributed by atoms with Gasteiger partial charge in [0.25, 0.3) is 5.91 Å². The van der Waals surface area contributed by atoms with Crippen molar-refractivity contribution in [2.75, 3.05) is 6.61 Å². The van der Waals surface area contributed by atoms with E-state index < -0.39 is 0 Å². The minimum Gasteiger partial charge on any atom is -0.494 e. The Balaban J connectivity index is 1.77. The lowest BCUT2D eigenvalue weighted by Crippen LogP contribution is -2.23. The zero-order valence-electron chi connectivity index (χ0n) is 14.3. The van der Waals surface area contributed by atoms with E-state index in [0.29, 0.717) is 24.3 Å². The molecule has 25 heavy (non-hydrogen) atoms. The number of carbonyl (C=O) groups is 1. The van der Waals surface area contributed by atoms with E-state index in [2.05, 4.69) is 5.32 Å². The molecule has 2 aromatic carbocycles. The Kier molecular flexibility index (Phi) is 4.90. The van der Waals surface area contributed by atoms with Gasteiger partial charge in [0.2, 0.25) is 0 Å². The molecule has 128 valence electrons. The summed E-state index contributed by atoms with van der Waals surface area (Å²) in [5.74, 6) is 1.39. The molecule has 1 atom stereocenters. The summed E-state index contributed by atoms with van der Waals surface area (Å²) in [6, 6.07) is 12.6. The summed E-state index contributed by atoms with van der Waals surface area (Å²) in [4.78, 5) is 12.3. The maximum atomic E-state index is 12.3. The Morgan fingerprint density at radius 3 is 3.00 bits per heavy atom. The number of hydrogen-bond acceptors (Lipinski definition) is 4. The van der Waals surface area contributed by atoms with Gasteiger partial charge >= 0.3 is 0 Å². The first kappa shape index (κ1) is 16.8. The number of nitrogens with zero attached hydrogens (tertiary/aromatic N) is 1. The van der Waals surface area contributed by atoms with Gasteiger partial charge in [0, 0.05) is 29.7 Å². The van der Waals surface area contributed by atoms with E-state index in [1.165, 1.54) is 0 Å². The molecule has 2 aromatic rings. The molecular weight excluding hydrogens is 316 g/mol. The van der Waals surface area contributed by atoms with Gasteiger partial charge in [-0.1, -0.05) is 6.07 Å². The molecule has 0 aliphatic carbocycles. The zero-order chi connectivity index (χ0) is 17.8. The molecular formula is C20H20N2O3. The molecule has 0 saturated carbocycles. The fourth-order valence-electron chi connectivity index (χ4n) is 2.92. The predicted molar refractivity (Wildman–Crippen MR) is 93.7 cm³/mol. The third-order valence-electron chi connectivity index (χ3n) is 4.07. The highest BCUT2D eigenvalue weighted by atomic mass is 16.5. The number of hydrogen-bond donors (Lipinski definition) is 1. The van der Waals surface area contributed by atoms with Crippen LogP contribution >= 0.6 is 0 Å². The van der Waals surface area contributed by atoms with Crippen LogP contribution in [0.3, 0.4) is 0 Å². The Labute approximate surface area is 147 Å². The largest absolute Gasteiger partial charge is 0.494 e. The monoisotopic (exact) mass is 336 g/mol. The molecule has 1 amide bonds. The van der Waals surface area contributed by atoms with Crippen molar-refractivity contribution in [3.63, 3.8) is 0 Å². The predicted octanol–water partition coefficient (Wildman–Crippen LogP) is 3.21. The fourth-order valence-corrected chi connectivity index (χ4v) is 2.92. The number of carbonyl (C=O) groups excluding carboxylic acids is 1. The van der Waals surface area contributed by atoms with Gasteiger partial charge in [0.15, 0.2) is 0 Å². The number of amides is 1. The van der Waals surface area contributed by atoms with Gasteiger partial charge in [-0.3, -0.25) is 4.79 Å². The normalized spacial score (nSPS) is 15.0. The molecule has 1 aliphatic rings. The first-order valence-corrected chi connectivity index (χ1v) is 8.34. The topological polar surface area (TPSA) is 71.3 Å². The maximum Gasteiger partial charge on any atom is 0.251 e. The van der Waals surface area contributed by atoms with Gasteiger partial charge in [-0.25, -0.2) is 0 Å². The van der Waals surface area contributed by atoms with Crippen LogP contribution in [0.5, 0.6) is 11.5 Å². The highest BCUT2D eigenvalue weighted by Crippen LogP contribution is 2.35. The maximum absolute atomic E-state index is 12.3. The first-order valence-electron chi connectivity index (χ1n) is 8.34. The van der Waals surface area contributed by atoms with E-state index in [1.54, 1.807) is 24.3 Å². The summed E-state index contributed by atoms with van der Waals surface area (Å²) in [5, 5.41) is 11.8. The molecule has 0 aromatic heterocycles. The van der Waals surface area contributed by atoms with E-state index >= 15 is 0 Å². The second-order valence-corrected chi connectivity index (χ2v) is 6.01.